The van der Waals surface area contributed by atoms with Crippen molar-refractivity contribution in [1.29, 1.82) is 0 Å². The van der Waals surface area contributed by atoms with Crippen LogP contribution in [0.1, 0.15) is 49.1 Å². The van der Waals surface area contributed by atoms with E-state index in [4.69, 9.17) is 0 Å². The number of hydrogen-bond donors (Lipinski definition) is 2. The minimum Gasteiger partial charge on any atom is -0.349 e. The van der Waals surface area contributed by atoms with Gasteiger partial charge in [-0.05, 0) is 31.7 Å². The Morgan fingerprint density at radius 1 is 1.35 bits per heavy atom. The van der Waals surface area contributed by atoms with Crippen molar-refractivity contribution < 1.29 is 4.79 Å². The minimum absolute atomic E-state index is 0.154. The lowest BCUT2D eigenvalue weighted by Crippen LogP contribution is -2.36. The second-order valence-electron chi connectivity index (χ2n) is 5.99. The molecule has 6 heteroatoms. The maximum atomic E-state index is 11.8. The summed E-state index contributed by atoms with van der Waals surface area (Å²) in [5.41, 5.74) is 0. The van der Waals surface area contributed by atoms with Gasteiger partial charge in [0.2, 0.25) is 5.82 Å². The molecule has 0 bridgehead atoms. The van der Waals surface area contributed by atoms with Crippen molar-refractivity contribution in [3.8, 4) is 0 Å². The fourth-order valence-corrected chi connectivity index (χ4v) is 3.44. The van der Waals surface area contributed by atoms with E-state index in [2.05, 4.69) is 25.4 Å². The quantitative estimate of drug-likeness (QED) is 0.867. The smallest absolute Gasteiger partial charge is 0.288 e. The molecule has 3 rings (SSSR count). The molecule has 1 saturated carbocycles. The van der Waals surface area contributed by atoms with Gasteiger partial charge in [0.05, 0.1) is 0 Å². The summed E-state index contributed by atoms with van der Waals surface area (Å²) < 4.78 is 0. The summed E-state index contributed by atoms with van der Waals surface area (Å²) in [5.74, 6) is 0.717. The van der Waals surface area contributed by atoms with Gasteiger partial charge in [-0.2, -0.15) is 5.10 Å². The number of nitrogens with zero attached hydrogens (tertiary/aromatic N) is 3. The van der Waals surface area contributed by atoms with E-state index >= 15 is 0 Å². The van der Waals surface area contributed by atoms with Gasteiger partial charge in [0.25, 0.3) is 5.91 Å². The van der Waals surface area contributed by atoms with Gasteiger partial charge in [-0.1, -0.05) is 19.3 Å². The second kappa shape index (κ2) is 6.35. The second-order valence-corrected chi connectivity index (χ2v) is 5.99. The van der Waals surface area contributed by atoms with Gasteiger partial charge in [0.15, 0.2) is 0 Å². The molecule has 110 valence electrons. The van der Waals surface area contributed by atoms with Crippen LogP contribution in [0, 0.1) is 5.92 Å². The highest BCUT2D eigenvalue weighted by Crippen LogP contribution is 2.27. The highest BCUT2D eigenvalue weighted by Gasteiger charge is 2.29. The van der Waals surface area contributed by atoms with Crippen molar-refractivity contribution in [2.75, 3.05) is 19.6 Å². The van der Waals surface area contributed by atoms with Crippen molar-refractivity contribution in [1.82, 2.24) is 25.4 Å². The number of aromatic nitrogens is 3. The van der Waals surface area contributed by atoms with E-state index in [9.17, 15) is 4.79 Å². The van der Waals surface area contributed by atoms with Crippen molar-refractivity contribution >= 4 is 5.91 Å². The summed E-state index contributed by atoms with van der Waals surface area (Å²) in [6.07, 6.45) is 9.43. The SMILES string of the molecule is O=C(NC[C@H]1CCN(C2CCCCC2)C1)c1ncn[nH]1. The highest BCUT2D eigenvalue weighted by molar-refractivity contribution is 5.90. The fourth-order valence-electron chi connectivity index (χ4n) is 3.44. The third kappa shape index (κ3) is 3.17. The van der Waals surface area contributed by atoms with E-state index < -0.39 is 0 Å². The molecule has 2 heterocycles. The third-order valence-corrected chi connectivity index (χ3v) is 4.59. The number of carbonyl (C=O) groups excluding carboxylic acids is 1. The lowest BCUT2D eigenvalue weighted by atomic mass is 9.94. The number of amides is 1. The predicted octanol–water partition coefficient (Wildman–Crippen LogP) is 1.19. The number of nitrogens with one attached hydrogen (secondary N) is 2. The summed E-state index contributed by atoms with van der Waals surface area (Å²) >= 11 is 0. The molecule has 1 aliphatic heterocycles. The summed E-state index contributed by atoms with van der Waals surface area (Å²) in [7, 11) is 0. The highest BCUT2D eigenvalue weighted by atomic mass is 16.2. The summed E-state index contributed by atoms with van der Waals surface area (Å²) in [4.78, 5) is 18.3. The van der Waals surface area contributed by atoms with Crippen molar-refractivity contribution in [2.45, 2.75) is 44.6 Å². The van der Waals surface area contributed by atoms with E-state index in [0.29, 0.717) is 11.7 Å². The molecule has 1 amide bonds. The Hall–Kier alpha value is -1.43. The topological polar surface area (TPSA) is 73.9 Å². The number of rotatable bonds is 4. The van der Waals surface area contributed by atoms with Crippen LogP contribution in [-0.2, 0) is 0 Å². The summed E-state index contributed by atoms with van der Waals surface area (Å²) in [5, 5.41) is 9.23. The molecule has 2 fully saturated rings. The van der Waals surface area contributed by atoms with Crippen LogP contribution in [0.4, 0.5) is 0 Å². The van der Waals surface area contributed by atoms with Gasteiger partial charge >= 0.3 is 0 Å². The van der Waals surface area contributed by atoms with Gasteiger partial charge in [0.1, 0.15) is 6.33 Å². The molecule has 2 N–H and O–H groups in total. The maximum absolute atomic E-state index is 11.8. The largest absolute Gasteiger partial charge is 0.349 e. The molecule has 1 aliphatic carbocycles. The van der Waals surface area contributed by atoms with Gasteiger partial charge in [0, 0.05) is 19.1 Å². The van der Waals surface area contributed by atoms with Crippen molar-refractivity contribution in [3.05, 3.63) is 12.2 Å². The first-order valence-corrected chi connectivity index (χ1v) is 7.70. The van der Waals surface area contributed by atoms with E-state index in [1.165, 1.54) is 51.4 Å². The standard InChI is InChI=1S/C14H23N5O/c20-14(13-16-10-17-18-13)15-8-11-6-7-19(9-11)12-4-2-1-3-5-12/h10-12H,1-9H2,(H,15,20)(H,16,17,18)/t11-/m1/s1. The van der Waals surface area contributed by atoms with Crippen LogP contribution in [-0.4, -0.2) is 51.7 Å². The molecule has 1 saturated heterocycles. The summed E-state index contributed by atoms with van der Waals surface area (Å²) in [6.45, 7) is 3.05. The first-order valence-electron chi connectivity index (χ1n) is 7.70. The van der Waals surface area contributed by atoms with Gasteiger partial charge in [-0.15, -0.1) is 0 Å². The Kier molecular flexibility index (Phi) is 4.30. The Morgan fingerprint density at radius 2 is 2.20 bits per heavy atom. The molecule has 6 nitrogen and oxygen atoms in total. The molecule has 1 atom stereocenters. The number of carbonyl (C=O) groups is 1. The number of likely N-dealkylation sites (tertiary alicyclic amines) is 1. The molecule has 0 spiro atoms. The first-order chi connectivity index (χ1) is 9.83. The molecule has 1 aromatic heterocycles. The van der Waals surface area contributed by atoms with E-state index in [-0.39, 0.29) is 5.91 Å². The average molecular weight is 277 g/mol. The lowest BCUT2D eigenvalue weighted by molar-refractivity contribution is 0.0936. The van der Waals surface area contributed by atoms with Crippen LogP contribution >= 0.6 is 0 Å². The monoisotopic (exact) mass is 277 g/mol. The van der Waals surface area contributed by atoms with Crippen LogP contribution in [0.5, 0.6) is 0 Å². The number of H-pyrrole nitrogens is 1. The lowest BCUT2D eigenvalue weighted by Gasteiger charge is -2.31. The maximum Gasteiger partial charge on any atom is 0.288 e. The van der Waals surface area contributed by atoms with Crippen molar-refractivity contribution in [2.24, 2.45) is 5.92 Å². The fraction of sp³-hybridized carbons (Fsp3) is 0.786. The predicted molar refractivity (Wildman–Crippen MR) is 75.3 cm³/mol. The zero-order valence-corrected chi connectivity index (χ0v) is 11.8. The van der Waals surface area contributed by atoms with Crippen molar-refractivity contribution in [3.63, 3.8) is 0 Å². The van der Waals surface area contributed by atoms with Crippen LogP contribution in [0.3, 0.4) is 0 Å². The van der Waals surface area contributed by atoms with Crippen LogP contribution in [0.15, 0.2) is 6.33 Å². The zero-order valence-electron chi connectivity index (χ0n) is 11.8. The Morgan fingerprint density at radius 3 is 2.95 bits per heavy atom. The van der Waals surface area contributed by atoms with Crippen LogP contribution in [0.25, 0.3) is 0 Å². The Labute approximate surface area is 119 Å². The van der Waals surface area contributed by atoms with Crippen LogP contribution < -0.4 is 5.32 Å². The Balaban J connectivity index is 1.42. The number of hydrogen-bond acceptors (Lipinski definition) is 4. The molecule has 0 unspecified atom stereocenters. The molecule has 0 aromatic carbocycles. The molecular weight excluding hydrogens is 254 g/mol. The molecule has 20 heavy (non-hydrogen) atoms. The Bertz CT molecular complexity index is 427. The van der Waals surface area contributed by atoms with Gasteiger partial charge in [-0.25, -0.2) is 4.98 Å². The van der Waals surface area contributed by atoms with Gasteiger partial charge in [-0.3, -0.25) is 9.89 Å². The zero-order chi connectivity index (χ0) is 13.8. The van der Waals surface area contributed by atoms with E-state index in [0.717, 1.165) is 19.1 Å². The first kappa shape index (κ1) is 13.5. The normalized spacial score (nSPS) is 24.9. The van der Waals surface area contributed by atoms with Crippen LogP contribution in [0.2, 0.25) is 0 Å². The molecule has 1 aromatic rings. The molecule has 0 radical (unpaired) electrons. The average Bonchev–Trinajstić information content (AvgIpc) is 3.17. The summed E-state index contributed by atoms with van der Waals surface area (Å²) in [6, 6.07) is 0.790. The number of aromatic amines is 1. The van der Waals surface area contributed by atoms with E-state index in [1.54, 1.807) is 0 Å². The van der Waals surface area contributed by atoms with E-state index in [1.807, 2.05) is 0 Å². The van der Waals surface area contributed by atoms with Gasteiger partial charge < -0.3 is 10.2 Å². The molecular formula is C14H23N5O. The molecule has 2 aliphatic rings. The third-order valence-electron chi connectivity index (χ3n) is 4.59. The minimum atomic E-state index is -0.154.